The molecule has 0 aliphatic carbocycles. The molecule has 2 aliphatic rings. The number of amides is 1. The zero-order valence-electron chi connectivity index (χ0n) is 9.70. The number of piperazine rings is 1. The van der Waals surface area contributed by atoms with Crippen molar-refractivity contribution in [2.24, 2.45) is 0 Å². The minimum Gasteiger partial charge on any atom is -0.337 e. The first-order chi connectivity index (χ1) is 7.18. The number of hydrogen-bond donors (Lipinski definition) is 1. The lowest BCUT2D eigenvalue weighted by Gasteiger charge is -2.41. The van der Waals surface area contributed by atoms with E-state index in [9.17, 15) is 4.79 Å². The minimum atomic E-state index is 0.0124. The number of hydrogen-bond acceptors (Lipinski definition) is 3. The average Bonchev–Trinajstić information content (AvgIpc) is 2.24. The van der Waals surface area contributed by atoms with Crippen LogP contribution >= 0.6 is 0 Å². The van der Waals surface area contributed by atoms with Gasteiger partial charge in [0.2, 0.25) is 5.91 Å². The number of carbonyl (C=O) groups is 1. The first kappa shape index (κ1) is 10.9. The average molecular weight is 211 g/mol. The summed E-state index contributed by atoms with van der Waals surface area (Å²) in [5.41, 5.74) is 0. The Kier molecular flexibility index (Phi) is 3.26. The second-order valence-corrected chi connectivity index (χ2v) is 4.74. The lowest BCUT2D eigenvalue weighted by molar-refractivity contribution is -0.138. The topological polar surface area (TPSA) is 35.6 Å². The van der Waals surface area contributed by atoms with E-state index in [1.54, 1.807) is 0 Å². The first-order valence-electron chi connectivity index (χ1n) is 5.91. The third-order valence-corrected chi connectivity index (χ3v) is 3.59. The number of rotatable bonds is 1. The number of nitrogens with zero attached hydrogens (tertiary/aromatic N) is 2. The Morgan fingerprint density at radius 3 is 2.60 bits per heavy atom. The molecule has 0 aromatic heterocycles. The molecule has 1 N–H and O–H groups in total. The summed E-state index contributed by atoms with van der Waals surface area (Å²) in [6, 6.07) is 0.497. The number of likely N-dealkylation sites (tertiary alicyclic amines) is 1. The molecule has 1 atom stereocenters. The summed E-state index contributed by atoms with van der Waals surface area (Å²) in [6.45, 7) is 6.03. The van der Waals surface area contributed by atoms with Gasteiger partial charge in [-0.25, -0.2) is 0 Å². The normalized spacial score (nSPS) is 30.9. The predicted molar refractivity (Wildman–Crippen MR) is 59.7 cm³/mol. The third kappa shape index (κ3) is 2.32. The molecule has 2 saturated heterocycles. The van der Waals surface area contributed by atoms with Crippen LogP contribution in [0.2, 0.25) is 0 Å². The van der Waals surface area contributed by atoms with Crippen LogP contribution in [0.3, 0.4) is 0 Å². The van der Waals surface area contributed by atoms with Crippen LogP contribution in [-0.2, 0) is 4.79 Å². The zero-order valence-corrected chi connectivity index (χ0v) is 9.70. The van der Waals surface area contributed by atoms with Gasteiger partial charge in [0.15, 0.2) is 0 Å². The molecule has 2 rings (SSSR count). The van der Waals surface area contributed by atoms with Crippen molar-refractivity contribution in [2.45, 2.75) is 31.8 Å². The lowest BCUT2D eigenvalue weighted by atomic mass is 10.0. The molecule has 4 heteroatoms. The van der Waals surface area contributed by atoms with Crippen LogP contribution in [0.25, 0.3) is 0 Å². The molecule has 1 amide bonds. The molecule has 0 aromatic rings. The molecule has 0 radical (unpaired) electrons. The zero-order chi connectivity index (χ0) is 10.8. The fourth-order valence-corrected chi connectivity index (χ4v) is 2.52. The van der Waals surface area contributed by atoms with Crippen molar-refractivity contribution in [3.05, 3.63) is 0 Å². The van der Waals surface area contributed by atoms with E-state index in [1.807, 2.05) is 6.92 Å². The SMILES string of the molecule is CC1NCCN(C2CCN(C)CC2)C1=O. The van der Waals surface area contributed by atoms with Crippen molar-refractivity contribution in [1.82, 2.24) is 15.1 Å². The summed E-state index contributed by atoms with van der Waals surface area (Å²) < 4.78 is 0. The number of carbonyl (C=O) groups excluding carboxylic acids is 1. The molecule has 0 spiro atoms. The maximum absolute atomic E-state index is 12.0. The van der Waals surface area contributed by atoms with E-state index < -0.39 is 0 Å². The van der Waals surface area contributed by atoms with Gasteiger partial charge in [-0.3, -0.25) is 4.79 Å². The van der Waals surface area contributed by atoms with Gasteiger partial charge >= 0.3 is 0 Å². The van der Waals surface area contributed by atoms with Crippen molar-refractivity contribution in [1.29, 1.82) is 0 Å². The summed E-state index contributed by atoms with van der Waals surface area (Å²) >= 11 is 0. The van der Waals surface area contributed by atoms with Gasteiger partial charge in [0.25, 0.3) is 0 Å². The van der Waals surface area contributed by atoms with Crippen molar-refractivity contribution in [2.75, 3.05) is 33.2 Å². The molecular formula is C11H21N3O. The standard InChI is InChI=1S/C11H21N3O/c1-9-11(15)14(8-5-12-9)10-3-6-13(2)7-4-10/h9-10,12H,3-8H2,1-2H3. The van der Waals surface area contributed by atoms with Crippen molar-refractivity contribution >= 4 is 5.91 Å². The van der Waals surface area contributed by atoms with Crippen LogP contribution in [0.15, 0.2) is 0 Å². The van der Waals surface area contributed by atoms with Crippen LogP contribution in [0.1, 0.15) is 19.8 Å². The molecule has 0 aromatic carbocycles. The second kappa shape index (κ2) is 4.49. The van der Waals surface area contributed by atoms with Gasteiger partial charge in [0, 0.05) is 19.1 Å². The molecule has 4 nitrogen and oxygen atoms in total. The van der Waals surface area contributed by atoms with Crippen molar-refractivity contribution in [3.63, 3.8) is 0 Å². The van der Waals surface area contributed by atoms with Gasteiger partial charge < -0.3 is 15.1 Å². The first-order valence-corrected chi connectivity index (χ1v) is 5.91. The molecule has 1 unspecified atom stereocenters. The fourth-order valence-electron chi connectivity index (χ4n) is 2.52. The summed E-state index contributed by atoms with van der Waals surface area (Å²) in [5.74, 6) is 0.288. The predicted octanol–water partition coefficient (Wildman–Crippen LogP) is -0.0991. The maximum atomic E-state index is 12.0. The molecule has 86 valence electrons. The number of nitrogens with one attached hydrogen (secondary N) is 1. The van der Waals surface area contributed by atoms with E-state index in [2.05, 4.69) is 22.2 Å². The molecule has 2 fully saturated rings. The van der Waals surface area contributed by atoms with Crippen LogP contribution in [-0.4, -0.2) is 61.0 Å². The van der Waals surface area contributed by atoms with E-state index in [1.165, 1.54) is 0 Å². The molecule has 0 saturated carbocycles. The van der Waals surface area contributed by atoms with Gasteiger partial charge in [-0.15, -0.1) is 0 Å². The maximum Gasteiger partial charge on any atom is 0.239 e. The Hall–Kier alpha value is -0.610. The Labute approximate surface area is 91.6 Å². The summed E-state index contributed by atoms with van der Waals surface area (Å²) in [7, 11) is 2.15. The molecular weight excluding hydrogens is 190 g/mol. The van der Waals surface area contributed by atoms with Gasteiger partial charge in [0.1, 0.15) is 0 Å². The quantitative estimate of drug-likeness (QED) is 0.658. The monoisotopic (exact) mass is 211 g/mol. The van der Waals surface area contributed by atoms with Gasteiger partial charge in [-0.1, -0.05) is 0 Å². The molecule has 2 heterocycles. The summed E-state index contributed by atoms with van der Waals surface area (Å²) in [5, 5.41) is 3.21. The Morgan fingerprint density at radius 2 is 1.93 bits per heavy atom. The number of piperidine rings is 1. The van der Waals surface area contributed by atoms with E-state index in [0.717, 1.165) is 39.0 Å². The molecule has 0 bridgehead atoms. The van der Waals surface area contributed by atoms with E-state index in [-0.39, 0.29) is 11.9 Å². The van der Waals surface area contributed by atoms with Gasteiger partial charge in [-0.05, 0) is 39.9 Å². The summed E-state index contributed by atoms with van der Waals surface area (Å²) in [6.07, 6.45) is 2.27. The lowest BCUT2D eigenvalue weighted by Crippen LogP contribution is -2.58. The van der Waals surface area contributed by atoms with E-state index >= 15 is 0 Å². The highest BCUT2D eigenvalue weighted by Crippen LogP contribution is 2.17. The Bertz CT molecular complexity index is 236. The van der Waals surface area contributed by atoms with E-state index in [0.29, 0.717) is 6.04 Å². The third-order valence-electron chi connectivity index (χ3n) is 3.59. The summed E-state index contributed by atoms with van der Waals surface area (Å²) in [4.78, 5) is 16.4. The Balaban J connectivity index is 1.94. The Morgan fingerprint density at radius 1 is 1.27 bits per heavy atom. The van der Waals surface area contributed by atoms with Gasteiger partial charge in [0.05, 0.1) is 6.04 Å². The van der Waals surface area contributed by atoms with Crippen LogP contribution < -0.4 is 5.32 Å². The highest BCUT2D eigenvalue weighted by atomic mass is 16.2. The van der Waals surface area contributed by atoms with E-state index in [4.69, 9.17) is 0 Å². The minimum absolute atomic E-state index is 0.0124. The largest absolute Gasteiger partial charge is 0.337 e. The molecule has 2 aliphatic heterocycles. The molecule has 15 heavy (non-hydrogen) atoms. The van der Waals surface area contributed by atoms with Crippen LogP contribution in [0, 0.1) is 0 Å². The highest BCUT2D eigenvalue weighted by molar-refractivity contribution is 5.82. The van der Waals surface area contributed by atoms with Crippen LogP contribution in [0.4, 0.5) is 0 Å². The fraction of sp³-hybridized carbons (Fsp3) is 0.909. The van der Waals surface area contributed by atoms with Gasteiger partial charge in [-0.2, -0.15) is 0 Å². The second-order valence-electron chi connectivity index (χ2n) is 4.74. The highest BCUT2D eigenvalue weighted by Gasteiger charge is 2.31. The van der Waals surface area contributed by atoms with Crippen LogP contribution in [0.5, 0.6) is 0 Å². The smallest absolute Gasteiger partial charge is 0.239 e. The van der Waals surface area contributed by atoms with Crippen molar-refractivity contribution in [3.8, 4) is 0 Å². The van der Waals surface area contributed by atoms with Crippen molar-refractivity contribution < 1.29 is 4.79 Å².